The molecule has 2 nitrogen and oxygen atoms in total. The Morgan fingerprint density at radius 2 is 1.80 bits per heavy atom. The van der Waals surface area contributed by atoms with Crippen molar-refractivity contribution < 1.29 is 22.3 Å². The second-order valence-electron chi connectivity index (χ2n) is 3.06. The maximum absolute atomic E-state index is 13.2. The zero-order valence-electron chi connectivity index (χ0n) is 8.10. The molecule has 0 aromatic heterocycles. The van der Waals surface area contributed by atoms with E-state index in [1.54, 1.807) is 14.1 Å². The Hall–Kier alpha value is -1.46. The monoisotopic (exact) mass is 223 g/mol. The number of ether oxygens (including phenoxy) is 1. The normalized spacial score (nSPS) is 11.3. The summed E-state index contributed by atoms with van der Waals surface area (Å²) in [4.78, 5) is 1.45. The topological polar surface area (TPSA) is 12.5 Å². The number of benzene rings is 1. The van der Waals surface area contributed by atoms with Crippen molar-refractivity contribution in [3.8, 4) is 5.75 Å². The summed E-state index contributed by atoms with van der Waals surface area (Å²) < 4.78 is 52.1. The minimum absolute atomic E-state index is 0.199. The van der Waals surface area contributed by atoms with E-state index in [0.29, 0.717) is 6.07 Å². The van der Waals surface area contributed by atoms with Crippen molar-refractivity contribution >= 4 is 5.69 Å². The second kappa shape index (κ2) is 3.96. The van der Waals surface area contributed by atoms with Gasteiger partial charge in [0.1, 0.15) is 11.6 Å². The molecule has 0 heterocycles. The molecule has 1 rings (SSSR count). The highest BCUT2D eigenvalue weighted by molar-refractivity contribution is 5.49. The van der Waals surface area contributed by atoms with Crippen LogP contribution in [0.3, 0.4) is 0 Å². The highest BCUT2D eigenvalue weighted by atomic mass is 19.4. The summed E-state index contributed by atoms with van der Waals surface area (Å²) in [7, 11) is 3.17. The van der Waals surface area contributed by atoms with Gasteiger partial charge in [-0.3, -0.25) is 0 Å². The summed E-state index contributed by atoms with van der Waals surface area (Å²) in [5.74, 6) is -1.33. The van der Waals surface area contributed by atoms with Crippen LogP contribution in [0.15, 0.2) is 18.2 Å². The van der Waals surface area contributed by atoms with Crippen molar-refractivity contribution in [1.82, 2.24) is 0 Å². The molecule has 0 atom stereocenters. The Morgan fingerprint density at radius 1 is 1.20 bits per heavy atom. The van der Waals surface area contributed by atoms with Gasteiger partial charge in [-0.2, -0.15) is 0 Å². The highest BCUT2D eigenvalue weighted by Crippen LogP contribution is 2.27. The van der Waals surface area contributed by atoms with Crippen LogP contribution in [0, 0.1) is 5.82 Å². The second-order valence-corrected chi connectivity index (χ2v) is 3.06. The molecule has 15 heavy (non-hydrogen) atoms. The van der Waals surface area contributed by atoms with E-state index in [-0.39, 0.29) is 5.69 Å². The van der Waals surface area contributed by atoms with Gasteiger partial charge in [-0.15, -0.1) is 13.2 Å². The van der Waals surface area contributed by atoms with E-state index in [0.717, 1.165) is 6.07 Å². The first-order valence-electron chi connectivity index (χ1n) is 4.02. The Labute approximate surface area is 84.1 Å². The predicted molar refractivity (Wildman–Crippen MR) is 47.4 cm³/mol. The molecule has 0 spiro atoms. The molecule has 0 amide bonds. The Bertz CT molecular complexity index is 348. The van der Waals surface area contributed by atoms with Crippen molar-refractivity contribution in [2.75, 3.05) is 19.0 Å². The summed E-state index contributed by atoms with van der Waals surface area (Å²) in [5, 5.41) is 0. The van der Waals surface area contributed by atoms with Gasteiger partial charge in [-0.05, 0) is 12.1 Å². The molecule has 0 aliphatic carbocycles. The highest BCUT2D eigenvalue weighted by Gasteiger charge is 2.31. The molecule has 84 valence electrons. The molecule has 0 unspecified atom stereocenters. The number of hydrogen-bond donors (Lipinski definition) is 0. The van der Waals surface area contributed by atoms with Crippen LogP contribution < -0.4 is 9.64 Å². The summed E-state index contributed by atoms with van der Waals surface area (Å²) >= 11 is 0. The van der Waals surface area contributed by atoms with Gasteiger partial charge in [-0.1, -0.05) is 0 Å². The minimum atomic E-state index is -4.80. The zero-order chi connectivity index (χ0) is 11.6. The van der Waals surface area contributed by atoms with Crippen molar-refractivity contribution in [3.63, 3.8) is 0 Å². The third kappa shape index (κ3) is 3.30. The first-order valence-corrected chi connectivity index (χ1v) is 4.02. The van der Waals surface area contributed by atoms with Crippen LogP contribution in [0.2, 0.25) is 0 Å². The van der Waals surface area contributed by atoms with Crippen molar-refractivity contribution in [2.24, 2.45) is 0 Å². The molecule has 1 aromatic carbocycles. The number of rotatable bonds is 2. The molecule has 0 N–H and O–H groups in total. The van der Waals surface area contributed by atoms with Crippen LogP contribution in [0.1, 0.15) is 0 Å². The molecule has 0 fully saturated rings. The summed E-state index contributed by atoms with van der Waals surface area (Å²) in [6.45, 7) is 0. The average Bonchev–Trinajstić information content (AvgIpc) is 1.99. The fraction of sp³-hybridized carbons (Fsp3) is 0.333. The van der Waals surface area contributed by atoms with Gasteiger partial charge in [0, 0.05) is 20.2 Å². The lowest BCUT2D eigenvalue weighted by Crippen LogP contribution is -2.17. The van der Waals surface area contributed by atoms with E-state index in [1.165, 1.54) is 11.0 Å². The lowest BCUT2D eigenvalue weighted by Gasteiger charge is -2.15. The first-order chi connectivity index (χ1) is 6.79. The fourth-order valence-corrected chi connectivity index (χ4v) is 1.05. The van der Waals surface area contributed by atoms with Gasteiger partial charge in [0.25, 0.3) is 0 Å². The minimum Gasteiger partial charge on any atom is -0.406 e. The van der Waals surface area contributed by atoms with Crippen LogP contribution in [-0.2, 0) is 0 Å². The molecule has 0 aliphatic rings. The SMILES string of the molecule is CN(C)c1ccc(OC(F)(F)F)cc1F. The van der Waals surface area contributed by atoms with Gasteiger partial charge >= 0.3 is 6.36 Å². The number of halogens is 4. The van der Waals surface area contributed by atoms with Crippen LogP contribution in [-0.4, -0.2) is 20.5 Å². The van der Waals surface area contributed by atoms with Crippen LogP contribution in [0.5, 0.6) is 5.75 Å². The Balaban J connectivity index is 2.92. The summed E-state index contributed by atoms with van der Waals surface area (Å²) in [5.41, 5.74) is 0.199. The maximum Gasteiger partial charge on any atom is 0.573 e. The van der Waals surface area contributed by atoms with Crippen molar-refractivity contribution in [2.45, 2.75) is 6.36 Å². The van der Waals surface area contributed by atoms with Crippen LogP contribution >= 0.6 is 0 Å². The number of nitrogens with zero attached hydrogens (tertiary/aromatic N) is 1. The number of hydrogen-bond acceptors (Lipinski definition) is 2. The summed E-state index contributed by atoms with van der Waals surface area (Å²) in [6.07, 6.45) is -4.80. The van der Waals surface area contributed by atoms with Gasteiger partial charge in [-0.25, -0.2) is 4.39 Å². The maximum atomic E-state index is 13.2. The lowest BCUT2D eigenvalue weighted by atomic mass is 10.3. The van der Waals surface area contributed by atoms with Gasteiger partial charge in [0.2, 0.25) is 0 Å². The van der Waals surface area contributed by atoms with Crippen molar-refractivity contribution in [1.29, 1.82) is 0 Å². The Morgan fingerprint density at radius 3 is 2.20 bits per heavy atom. The van der Waals surface area contributed by atoms with Gasteiger partial charge in [0.05, 0.1) is 5.69 Å². The number of alkyl halides is 3. The molecule has 0 saturated carbocycles. The van der Waals surface area contributed by atoms with Crippen molar-refractivity contribution in [3.05, 3.63) is 24.0 Å². The van der Waals surface area contributed by atoms with E-state index >= 15 is 0 Å². The molecule has 0 aliphatic heterocycles. The fourth-order valence-electron chi connectivity index (χ4n) is 1.05. The smallest absolute Gasteiger partial charge is 0.406 e. The van der Waals surface area contributed by atoms with E-state index < -0.39 is 17.9 Å². The third-order valence-electron chi connectivity index (χ3n) is 1.63. The van der Waals surface area contributed by atoms with E-state index in [4.69, 9.17) is 0 Å². The van der Waals surface area contributed by atoms with E-state index in [2.05, 4.69) is 4.74 Å². The Kier molecular flexibility index (Phi) is 3.06. The van der Waals surface area contributed by atoms with E-state index in [9.17, 15) is 17.6 Å². The summed E-state index contributed by atoms with van der Waals surface area (Å²) in [6, 6.07) is 2.98. The largest absolute Gasteiger partial charge is 0.573 e. The van der Waals surface area contributed by atoms with E-state index in [1.807, 2.05) is 0 Å². The lowest BCUT2D eigenvalue weighted by molar-refractivity contribution is -0.274. The number of anilines is 1. The third-order valence-corrected chi connectivity index (χ3v) is 1.63. The molecule has 0 radical (unpaired) electrons. The molecule has 1 aromatic rings. The first kappa shape index (κ1) is 11.6. The van der Waals surface area contributed by atoms with Gasteiger partial charge in [0.15, 0.2) is 0 Å². The molecule has 0 bridgehead atoms. The quantitative estimate of drug-likeness (QED) is 0.715. The predicted octanol–water partition coefficient (Wildman–Crippen LogP) is 2.79. The molecule has 0 saturated heterocycles. The standard InChI is InChI=1S/C9H9F4NO/c1-14(2)8-4-3-6(5-7(8)10)15-9(11,12)13/h3-5H,1-2H3. The average molecular weight is 223 g/mol. The molecule has 6 heteroatoms. The molecular formula is C9H9F4NO. The molecular weight excluding hydrogens is 214 g/mol. The van der Waals surface area contributed by atoms with Crippen LogP contribution in [0.4, 0.5) is 23.2 Å². The van der Waals surface area contributed by atoms with Gasteiger partial charge < -0.3 is 9.64 Å². The zero-order valence-corrected chi connectivity index (χ0v) is 8.10. The van der Waals surface area contributed by atoms with Crippen LogP contribution in [0.25, 0.3) is 0 Å².